The van der Waals surface area contributed by atoms with Crippen LogP contribution in [0, 0.1) is 0 Å². The van der Waals surface area contributed by atoms with Gasteiger partial charge in [0.05, 0.1) is 10.6 Å². The summed E-state index contributed by atoms with van der Waals surface area (Å²) in [5.74, 6) is 0.454. The quantitative estimate of drug-likeness (QED) is 0.456. The van der Waals surface area contributed by atoms with Crippen molar-refractivity contribution in [1.82, 2.24) is 0 Å². The van der Waals surface area contributed by atoms with Crippen molar-refractivity contribution in [2.45, 2.75) is 4.90 Å². The van der Waals surface area contributed by atoms with Gasteiger partial charge in [0.1, 0.15) is 18.9 Å². The van der Waals surface area contributed by atoms with E-state index in [4.69, 9.17) is 16.3 Å². The molecule has 0 unspecified atom stereocenters. The van der Waals surface area contributed by atoms with Gasteiger partial charge in [-0.3, -0.25) is 9.10 Å². The highest BCUT2D eigenvalue weighted by molar-refractivity contribution is 9.10. The van der Waals surface area contributed by atoms with Crippen LogP contribution in [-0.2, 0) is 14.8 Å². The minimum absolute atomic E-state index is 0.0472. The Hall–Kier alpha value is -1.83. The van der Waals surface area contributed by atoms with Crippen LogP contribution >= 0.6 is 27.5 Å². The van der Waals surface area contributed by atoms with E-state index >= 15 is 0 Å². The molecule has 8 heteroatoms. The zero-order valence-electron chi connectivity index (χ0n) is 13.1. The Kier molecular flexibility index (Phi) is 6.64. The molecule has 2 rings (SSSR count). The highest BCUT2D eigenvalue weighted by Crippen LogP contribution is 2.28. The SMILES string of the molecule is C=CCOc1cccc(N(CC(=O)Cl)S(=O)(=O)c2ccc(Br)cc2)c1. The second-order valence-corrected chi connectivity index (χ2v) is 8.12. The summed E-state index contributed by atoms with van der Waals surface area (Å²) in [4.78, 5) is 11.5. The first-order valence-corrected chi connectivity index (χ1v) is 9.76. The normalized spacial score (nSPS) is 11.0. The predicted molar refractivity (Wildman–Crippen MR) is 102 cm³/mol. The highest BCUT2D eigenvalue weighted by atomic mass is 79.9. The van der Waals surface area contributed by atoms with Gasteiger partial charge >= 0.3 is 0 Å². The molecule has 0 saturated heterocycles. The van der Waals surface area contributed by atoms with E-state index < -0.39 is 21.8 Å². The van der Waals surface area contributed by atoms with Crippen molar-refractivity contribution >= 4 is 48.5 Å². The minimum atomic E-state index is -3.97. The number of halogens is 2. The molecule has 0 aromatic heterocycles. The van der Waals surface area contributed by atoms with Gasteiger partial charge in [-0.1, -0.05) is 34.7 Å². The molecule has 0 N–H and O–H groups in total. The molecule has 25 heavy (non-hydrogen) atoms. The van der Waals surface area contributed by atoms with Gasteiger partial charge in [-0.2, -0.15) is 0 Å². The minimum Gasteiger partial charge on any atom is -0.489 e. The van der Waals surface area contributed by atoms with Gasteiger partial charge in [-0.15, -0.1) is 0 Å². The van der Waals surface area contributed by atoms with E-state index in [-0.39, 0.29) is 17.2 Å². The van der Waals surface area contributed by atoms with Gasteiger partial charge in [0.2, 0.25) is 5.24 Å². The Morgan fingerprint density at radius 2 is 1.92 bits per heavy atom. The fourth-order valence-corrected chi connectivity index (χ4v) is 3.91. The molecule has 132 valence electrons. The third kappa shape index (κ3) is 5.07. The van der Waals surface area contributed by atoms with Crippen molar-refractivity contribution < 1.29 is 17.9 Å². The molecule has 0 heterocycles. The lowest BCUT2D eigenvalue weighted by molar-refractivity contribution is -0.110. The Morgan fingerprint density at radius 1 is 1.24 bits per heavy atom. The van der Waals surface area contributed by atoms with Crippen molar-refractivity contribution in [2.24, 2.45) is 0 Å². The lowest BCUT2D eigenvalue weighted by atomic mass is 10.3. The van der Waals surface area contributed by atoms with Gasteiger partial charge in [0.25, 0.3) is 10.0 Å². The Balaban J connectivity index is 2.47. The van der Waals surface area contributed by atoms with Crippen molar-refractivity contribution in [1.29, 1.82) is 0 Å². The molecule has 0 radical (unpaired) electrons. The van der Waals surface area contributed by atoms with E-state index in [1.165, 1.54) is 18.2 Å². The fourth-order valence-electron chi connectivity index (χ4n) is 2.05. The number of benzene rings is 2. The van der Waals surface area contributed by atoms with Crippen LogP contribution in [0.2, 0.25) is 0 Å². The number of sulfonamides is 1. The Bertz CT molecular complexity index is 868. The molecule has 0 atom stereocenters. The maximum atomic E-state index is 12.9. The molecule has 0 bridgehead atoms. The second kappa shape index (κ2) is 8.51. The average molecular weight is 445 g/mol. The largest absolute Gasteiger partial charge is 0.489 e. The number of carbonyl (C=O) groups excluding carboxylic acids is 1. The molecular weight excluding hydrogens is 430 g/mol. The smallest absolute Gasteiger partial charge is 0.264 e. The maximum Gasteiger partial charge on any atom is 0.264 e. The maximum absolute atomic E-state index is 12.9. The molecular formula is C17H15BrClNO4S. The van der Waals surface area contributed by atoms with E-state index in [1.54, 1.807) is 36.4 Å². The lowest BCUT2D eigenvalue weighted by Crippen LogP contribution is -2.34. The standard InChI is InChI=1S/C17H15BrClNO4S/c1-2-10-24-15-5-3-4-14(11-15)20(12-17(19)21)25(22,23)16-8-6-13(18)7-9-16/h2-9,11H,1,10,12H2. The van der Waals surface area contributed by atoms with Crippen LogP contribution < -0.4 is 9.04 Å². The van der Waals surface area contributed by atoms with Crippen molar-refractivity contribution in [2.75, 3.05) is 17.5 Å². The molecule has 2 aromatic rings. The number of nitrogens with zero attached hydrogens (tertiary/aromatic N) is 1. The van der Waals surface area contributed by atoms with Crippen LogP contribution in [-0.4, -0.2) is 26.8 Å². The number of ether oxygens (including phenoxy) is 1. The van der Waals surface area contributed by atoms with Crippen LogP contribution in [0.25, 0.3) is 0 Å². The zero-order chi connectivity index (χ0) is 18.4. The van der Waals surface area contributed by atoms with E-state index in [1.807, 2.05) is 0 Å². The number of anilines is 1. The van der Waals surface area contributed by atoms with Gasteiger partial charge in [0, 0.05) is 10.5 Å². The van der Waals surface area contributed by atoms with Crippen LogP contribution in [0.4, 0.5) is 5.69 Å². The van der Waals surface area contributed by atoms with Gasteiger partial charge < -0.3 is 4.74 Å². The predicted octanol–water partition coefficient (Wildman–Crippen LogP) is 3.97. The first-order chi connectivity index (χ1) is 11.8. The van der Waals surface area contributed by atoms with Gasteiger partial charge in [0.15, 0.2) is 0 Å². The molecule has 2 aromatic carbocycles. The van der Waals surface area contributed by atoms with Crippen molar-refractivity contribution in [3.05, 3.63) is 65.7 Å². The summed E-state index contributed by atoms with van der Waals surface area (Å²) in [5, 5.41) is -0.793. The topological polar surface area (TPSA) is 63.7 Å². The van der Waals surface area contributed by atoms with E-state index in [2.05, 4.69) is 22.5 Å². The number of carbonyl (C=O) groups is 1. The number of rotatable bonds is 8. The molecule has 0 aliphatic rings. The number of hydrogen-bond donors (Lipinski definition) is 0. The summed E-state index contributed by atoms with van der Waals surface area (Å²) in [6.45, 7) is 3.34. The summed E-state index contributed by atoms with van der Waals surface area (Å²) in [6, 6.07) is 12.5. The molecule has 0 aliphatic heterocycles. The summed E-state index contributed by atoms with van der Waals surface area (Å²) in [7, 11) is -3.97. The Labute approximate surface area is 160 Å². The Morgan fingerprint density at radius 3 is 2.52 bits per heavy atom. The monoisotopic (exact) mass is 443 g/mol. The number of hydrogen-bond acceptors (Lipinski definition) is 4. The average Bonchev–Trinajstić information content (AvgIpc) is 2.58. The molecule has 0 spiro atoms. The van der Waals surface area contributed by atoms with Crippen LogP contribution in [0.1, 0.15) is 0 Å². The third-order valence-corrected chi connectivity index (χ3v) is 5.58. The van der Waals surface area contributed by atoms with Crippen LogP contribution in [0.3, 0.4) is 0 Å². The molecule has 0 amide bonds. The van der Waals surface area contributed by atoms with Crippen molar-refractivity contribution in [3.8, 4) is 5.75 Å². The third-order valence-electron chi connectivity index (χ3n) is 3.14. The summed E-state index contributed by atoms with van der Waals surface area (Å²) in [5.41, 5.74) is 0.276. The summed E-state index contributed by atoms with van der Waals surface area (Å²) >= 11 is 8.73. The second-order valence-electron chi connectivity index (χ2n) is 4.92. The molecule has 0 saturated carbocycles. The zero-order valence-corrected chi connectivity index (χ0v) is 16.2. The molecule has 0 fully saturated rings. The molecule has 5 nitrogen and oxygen atoms in total. The van der Waals surface area contributed by atoms with E-state index in [0.29, 0.717) is 5.75 Å². The van der Waals surface area contributed by atoms with Crippen LogP contribution in [0.15, 0.2) is 70.6 Å². The fraction of sp³-hybridized carbons (Fsp3) is 0.118. The summed E-state index contributed by atoms with van der Waals surface area (Å²) in [6.07, 6.45) is 1.57. The first kappa shape index (κ1) is 19.5. The van der Waals surface area contributed by atoms with Gasteiger partial charge in [-0.25, -0.2) is 8.42 Å². The van der Waals surface area contributed by atoms with E-state index in [0.717, 1.165) is 8.78 Å². The molecule has 0 aliphatic carbocycles. The van der Waals surface area contributed by atoms with Crippen molar-refractivity contribution in [3.63, 3.8) is 0 Å². The first-order valence-electron chi connectivity index (χ1n) is 7.15. The van der Waals surface area contributed by atoms with Crippen LogP contribution in [0.5, 0.6) is 5.75 Å². The van der Waals surface area contributed by atoms with Gasteiger partial charge in [-0.05, 0) is 48.0 Å². The summed E-state index contributed by atoms with van der Waals surface area (Å²) < 4.78 is 33.0. The lowest BCUT2D eigenvalue weighted by Gasteiger charge is -2.23. The van der Waals surface area contributed by atoms with E-state index in [9.17, 15) is 13.2 Å². The highest BCUT2D eigenvalue weighted by Gasteiger charge is 2.27.